The van der Waals surface area contributed by atoms with Gasteiger partial charge in [0.15, 0.2) is 0 Å². The monoisotopic (exact) mass is 221 g/mol. The van der Waals surface area contributed by atoms with Crippen LogP contribution in [0.3, 0.4) is 0 Å². The Morgan fingerprint density at radius 2 is 2.25 bits per heavy atom. The van der Waals surface area contributed by atoms with Crippen LogP contribution in [0.4, 0.5) is 5.69 Å². The summed E-state index contributed by atoms with van der Waals surface area (Å²) < 4.78 is 0. The summed E-state index contributed by atoms with van der Waals surface area (Å²) in [5.74, 6) is 0.439. The molecule has 0 radical (unpaired) electrons. The average molecular weight is 221 g/mol. The molecular formula is C12H15NO3. The number of hydrogen-bond donors (Lipinski definition) is 1. The lowest BCUT2D eigenvalue weighted by atomic mass is 10.00. The van der Waals surface area contributed by atoms with Gasteiger partial charge in [-0.05, 0) is 43.2 Å². The van der Waals surface area contributed by atoms with Crippen molar-refractivity contribution in [3.63, 3.8) is 0 Å². The molecule has 0 bridgehead atoms. The van der Waals surface area contributed by atoms with Crippen LogP contribution in [-0.2, 0) is 6.42 Å². The SMILES string of the molecule is Cc1cc([N+](=O)[O-])ccc1CC(O)C1CC1. The van der Waals surface area contributed by atoms with Crippen molar-refractivity contribution in [2.75, 3.05) is 0 Å². The Morgan fingerprint density at radius 1 is 1.56 bits per heavy atom. The Morgan fingerprint density at radius 3 is 2.75 bits per heavy atom. The second-order valence-corrected chi connectivity index (χ2v) is 4.48. The first-order chi connectivity index (χ1) is 7.58. The predicted octanol–water partition coefficient (Wildman–Crippen LogP) is 2.22. The maximum Gasteiger partial charge on any atom is 0.269 e. The van der Waals surface area contributed by atoms with Gasteiger partial charge in [-0.25, -0.2) is 0 Å². The highest BCUT2D eigenvalue weighted by molar-refractivity contribution is 5.39. The van der Waals surface area contributed by atoms with E-state index >= 15 is 0 Å². The smallest absolute Gasteiger partial charge is 0.269 e. The molecule has 4 nitrogen and oxygen atoms in total. The van der Waals surface area contributed by atoms with Gasteiger partial charge in [0.05, 0.1) is 11.0 Å². The van der Waals surface area contributed by atoms with Crippen molar-refractivity contribution in [3.05, 3.63) is 39.4 Å². The third-order valence-electron chi connectivity index (χ3n) is 3.13. The van der Waals surface area contributed by atoms with E-state index in [1.165, 1.54) is 6.07 Å². The van der Waals surface area contributed by atoms with Gasteiger partial charge in [0.25, 0.3) is 5.69 Å². The Balaban J connectivity index is 2.12. The van der Waals surface area contributed by atoms with E-state index in [0.717, 1.165) is 24.0 Å². The van der Waals surface area contributed by atoms with Gasteiger partial charge in [0.2, 0.25) is 0 Å². The van der Waals surface area contributed by atoms with Gasteiger partial charge in [-0.1, -0.05) is 6.07 Å². The fourth-order valence-corrected chi connectivity index (χ4v) is 1.90. The summed E-state index contributed by atoms with van der Waals surface area (Å²) in [5.41, 5.74) is 2.00. The molecule has 16 heavy (non-hydrogen) atoms. The van der Waals surface area contributed by atoms with E-state index in [1.807, 2.05) is 6.92 Å². The molecule has 1 N–H and O–H groups in total. The van der Waals surface area contributed by atoms with Crippen LogP contribution in [0.25, 0.3) is 0 Å². The standard InChI is InChI=1S/C12H15NO3/c1-8-6-11(13(15)16)5-4-10(8)7-12(14)9-2-3-9/h4-6,9,12,14H,2-3,7H2,1H3. The molecule has 2 rings (SSSR count). The number of aliphatic hydroxyl groups excluding tert-OH is 1. The molecule has 1 unspecified atom stereocenters. The molecule has 0 aromatic heterocycles. The van der Waals surface area contributed by atoms with E-state index in [2.05, 4.69) is 0 Å². The van der Waals surface area contributed by atoms with Crippen molar-refractivity contribution < 1.29 is 10.0 Å². The minimum Gasteiger partial charge on any atom is -0.392 e. The summed E-state index contributed by atoms with van der Waals surface area (Å²) in [6.07, 6.45) is 2.52. The Kier molecular flexibility index (Phi) is 2.92. The molecule has 0 amide bonds. The number of nitro groups is 1. The molecule has 0 heterocycles. The van der Waals surface area contributed by atoms with Gasteiger partial charge in [0, 0.05) is 12.1 Å². The van der Waals surface area contributed by atoms with Crippen LogP contribution in [-0.4, -0.2) is 16.1 Å². The molecule has 86 valence electrons. The highest BCUT2D eigenvalue weighted by Crippen LogP contribution is 2.34. The number of aliphatic hydroxyl groups is 1. The number of non-ortho nitro benzene ring substituents is 1. The molecule has 1 fully saturated rings. The second kappa shape index (κ2) is 4.22. The molecule has 0 aliphatic heterocycles. The third kappa shape index (κ3) is 2.39. The highest BCUT2D eigenvalue weighted by atomic mass is 16.6. The van der Waals surface area contributed by atoms with Gasteiger partial charge in [-0.15, -0.1) is 0 Å². The maximum absolute atomic E-state index is 10.6. The van der Waals surface area contributed by atoms with Crippen LogP contribution < -0.4 is 0 Å². The van der Waals surface area contributed by atoms with Crippen molar-refractivity contribution in [1.82, 2.24) is 0 Å². The Labute approximate surface area is 94.1 Å². The zero-order valence-electron chi connectivity index (χ0n) is 9.22. The van der Waals surface area contributed by atoms with Gasteiger partial charge >= 0.3 is 0 Å². The number of rotatable bonds is 4. The van der Waals surface area contributed by atoms with E-state index in [1.54, 1.807) is 12.1 Å². The molecular weight excluding hydrogens is 206 g/mol. The summed E-state index contributed by atoms with van der Waals surface area (Å²) in [5, 5.41) is 20.4. The Hall–Kier alpha value is -1.42. The van der Waals surface area contributed by atoms with Crippen molar-refractivity contribution >= 4 is 5.69 Å². The molecule has 1 aromatic carbocycles. The first-order valence-corrected chi connectivity index (χ1v) is 5.50. The molecule has 4 heteroatoms. The highest BCUT2D eigenvalue weighted by Gasteiger charge is 2.29. The largest absolute Gasteiger partial charge is 0.392 e. The zero-order chi connectivity index (χ0) is 11.7. The van der Waals surface area contributed by atoms with Crippen molar-refractivity contribution in [1.29, 1.82) is 0 Å². The van der Waals surface area contributed by atoms with E-state index in [9.17, 15) is 15.2 Å². The van der Waals surface area contributed by atoms with Crippen LogP contribution in [0, 0.1) is 23.0 Å². The normalized spacial score (nSPS) is 17.1. The van der Waals surface area contributed by atoms with Crippen LogP contribution in [0.1, 0.15) is 24.0 Å². The van der Waals surface area contributed by atoms with Gasteiger partial charge in [0.1, 0.15) is 0 Å². The summed E-state index contributed by atoms with van der Waals surface area (Å²) >= 11 is 0. The fourth-order valence-electron chi connectivity index (χ4n) is 1.90. The second-order valence-electron chi connectivity index (χ2n) is 4.48. The lowest BCUT2D eigenvalue weighted by Crippen LogP contribution is -2.13. The van der Waals surface area contributed by atoms with E-state index in [4.69, 9.17) is 0 Å². The van der Waals surface area contributed by atoms with Gasteiger partial charge < -0.3 is 5.11 Å². The van der Waals surface area contributed by atoms with E-state index in [-0.39, 0.29) is 11.8 Å². The van der Waals surface area contributed by atoms with Gasteiger partial charge in [-0.3, -0.25) is 10.1 Å². The minimum absolute atomic E-state index is 0.113. The molecule has 1 aliphatic rings. The van der Waals surface area contributed by atoms with E-state index in [0.29, 0.717) is 12.3 Å². The van der Waals surface area contributed by atoms with Crippen molar-refractivity contribution in [3.8, 4) is 0 Å². The number of aryl methyl sites for hydroxylation is 1. The maximum atomic E-state index is 10.6. The lowest BCUT2D eigenvalue weighted by Gasteiger charge is -2.11. The predicted molar refractivity (Wildman–Crippen MR) is 60.3 cm³/mol. The number of hydrogen-bond acceptors (Lipinski definition) is 3. The molecule has 0 spiro atoms. The zero-order valence-corrected chi connectivity index (χ0v) is 9.22. The first-order valence-electron chi connectivity index (χ1n) is 5.50. The quantitative estimate of drug-likeness (QED) is 0.626. The van der Waals surface area contributed by atoms with Crippen LogP contribution in [0.15, 0.2) is 18.2 Å². The molecule has 0 saturated heterocycles. The lowest BCUT2D eigenvalue weighted by molar-refractivity contribution is -0.384. The molecule has 1 atom stereocenters. The number of nitro benzene ring substituents is 1. The van der Waals surface area contributed by atoms with Crippen LogP contribution >= 0.6 is 0 Å². The summed E-state index contributed by atoms with van der Waals surface area (Å²) in [7, 11) is 0. The summed E-state index contributed by atoms with van der Waals surface area (Å²) in [6, 6.07) is 4.82. The van der Waals surface area contributed by atoms with Crippen LogP contribution in [0.5, 0.6) is 0 Å². The van der Waals surface area contributed by atoms with Gasteiger partial charge in [-0.2, -0.15) is 0 Å². The van der Waals surface area contributed by atoms with Crippen molar-refractivity contribution in [2.24, 2.45) is 5.92 Å². The van der Waals surface area contributed by atoms with Crippen molar-refractivity contribution in [2.45, 2.75) is 32.3 Å². The average Bonchev–Trinajstić information content (AvgIpc) is 3.03. The molecule has 1 aliphatic carbocycles. The topological polar surface area (TPSA) is 63.4 Å². The number of nitrogens with zero attached hydrogens (tertiary/aromatic N) is 1. The van der Waals surface area contributed by atoms with E-state index < -0.39 is 4.92 Å². The third-order valence-corrected chi connectivity index (χ3v) is 3.13. The first kappa shape index (κ1) is 11.1. The Bertz CT molecular complexity index is 413. The summed E-state index contributed by atoms with van der Waals surface area (Å²) in [6.45, 7) is 1.85. The fraction of sp³-hybridized carbons (Fsp3) is 0.500. The number of benzene rings is 1. The minimum atomic E-state index is -0.395. The molecule has 1 saturated carbocycles. The molecule has 1 aromatic rings. The van der Waals surface area contributed by atoms with Crippen LogP contribution in [0.2, 0.25) is 0 Å². The summed E-state index contributed by atoms with van der Waals surface area (Å²) in [4.78, 5) is 10.2.